The number of carboxylic acid groups (broad SMARTS) is 1. The smallest absolute Gasteiger partial charge is 0.329 e. The van der Waals surface area contributed by atoms with Crippen molar-refractivity contribution in [1.29, 1.82) is 0 Å². The fourth-order valence-electron chi connectivity index (χ4n) is 2.73. The number of methoxy groups -OCH3 is 4. The van der Waals surface area contributed by atoms with Gasteiger partial charge in [0.2, 0.25) is 5.75 Å². The van der Waals surface area contributed by atoms with Crippen LogP contribution in [0.25, 0.3) is 0 Å². The summed E-state index contributed by atoms with van der Waals surface area (Å²) < 4.78 is 20.7. The van der Waals surface area contributed by atoms with Crippen LogP contribution in [-0.2, 0) is 4.79 Å². The van der Waals surface area contributed by atoms with E-state index in [0.717, 1.165) is 0 Å². The first kappa shape index (κ1) is 22.6. The van der Waals surface area contributed by atoms with Gasteiger partial charge in [0.1, 0.15) is 11.9 Å². The maximum Gasteiger partial charge on any atom is 0.329 e. The Hall–Kier alpha value is -3.66. The van der Waals surface area contributed by atoms with Crippen LogP contribution in [0.1, 0.15) is 11.7 Å². The van der Waals surface area contributed by atoms with Crippen molar-refractivity contribution in [2.75, 3.05) is 33.8 Å². The summed E-state index contributed by atoms with van der Waals surface area (Å²) in [4.78, 5) is 24.0. The van der Waals surface area contributed by atoms with Gasteiger partial charge >= 0.3 is 12.0 Å². The Labute approximate surface area is 173 Å². The molecule has 2 aromatic carbocycles. The average Bonchev–Trinajstić information content (AvgIpc) is 2.76. The highest BCUT2D eigenvalue weighted by atomic mass is 16.5. The number of anilines is 1. The molecule has 0 aromatic heterocycles. The van der Waals surface area contributed by atoms with Crippen LogP contribution in [-0.4, -0.2) is 56.7 Å². The van der Waals surface area contributed by atoms with Crippen molar-refractivity contribution < 1.29 is 38.7 Å². The molecule has 0 aliphatic rings. The number of rotatable bonds is 9. The third-order valence-corrected chi connectivity index (χ3v) is 4.25. The van der Waals surface area contributed by atoms with E-state index in [2.05, 4.69) is 10.6 Å². The molecule has 2 amide bonds. The van der Waals surface area contributed by atoms with Gasteiger partial charge in [0.25, 0.3) is 0 Å². The van der Waals surface area contributed by atoms with Crippen molar-refractivity contribution in [3.63, 3.8) is 0 Å². The fraction of sp³-hybridized carbons (Fsp3) is 0.300. The van der Waals surface area contributed by atoms with Gasteiger partial charge in [0.15, 0.2) is 17.5 Å². The first-order valence-electron chi connectivity index (χ1n) is 8.76. The lowest BCUT2D eigenvalue weighted by molar-refractivity contribution is -0.142. The Morgan fingerprint density at radius 1 is 0.900 bits per heavy atom. The number of carbonyl (C=O) groups is 2. The molecule has 0 aliphatic heterocycles. The van der Waals surface area contributed by atoms with Crippen molar-refractivity contribution in [2.24, 2.45) is 0 Å². The standard InChI is InChI=1S/C20H24N2O8/c1-27-13-7-5-11(6-8-13)17(23)16(19(24)25)22-20(26)21-12-9-14(28-2)18(30-4)15(10-12)29-3/h5-10,16-17,23H,1-4H3,(H,24,25)(H2,21,22,26). The number of aliphatic carboxylic acids is 1. The van der Waals surface area contributed by atoms with E-state index in [0.29, 0.717) is 28.6 Å². The molecule has 2 aromatic rings. The highest BCUT2D eigenvalue weighted by molar-refractivity contribution is 5.93. The number of hydrogen-bond donors (Lipinski definition) is 4. The number of amides is 2. The maximum absolute atomic E-state index is 12.4. The average molecular weight is 420 g/mol. The molecular formula is C20H24N2O8. The SMILES string of the molecule is COc1ccc(C(O)C(NC(=O)Nc2cc(OC)c(OC)c(OC)c2)C(=O)O)cc1. The van der Waals surface area contributed by atoms with Gasteiger partial charge in [-0.15, -0.1) is 0 Å². The number of nitrogens with one attached hydrogen (secondary N) is 2. The van der Waals surface area contributed by atoms with Crippen molar-refractivity contribution >= 4 is 17.7 Å². The molecule has 0 spiro atoms. The minimum Gasteiger partial charge on any atom is -0.497 e. The number of ether oxygens (including phenoxy) is 4. The molecule has 0 aliphatic carbocycles. The van der Waals surface area contributed by atoms with Crippen LogP contribution in [0, 0.1) is 0 Å². The molecule has 0 bridgehead atoms. The quantitative estimate of drug-likeness (QED) is 0.484. The molecule has 162 valence electrons. The van der Waals surface area contributed by atoms with Gasteiger partial charge in [0, 0.05) is 12.1 Å². The predicted molar refractivity (Wildman–Crippen MR) is 108 cm³/mol. The molecule has 0 saturated carbocycles. The third kappa shape index (κ3) is 5.23. The molecule has 0 saturated heterocycles. The number of benzene rings is 2. The molecule has 4 N–H and O–H groups in total. The van der Waals surface area contributed by atoms with E-state index in [4.69, 9.17) is 18.9 Å². The van der Waals surface area contributed by atoms with Crippen LogP contribution in [0.3, 0.4) is 0 Å². The van der Waals surface area contributed by atoms with Gasteiger partial charge in [-0.25, -0.2) is 9.59 Å². The van der Waals surface area contributed by atoms with E-state index in [-0.39, 0.29) is 5.69 Å². The lowest BCUT2D eigenvalue weighted by atomic mass is 10.0. The van der Waals surface area contributed by atoms with Crippen molar-refractivity contribution in [3.05, 3.63) is 42.0 Å². The number of urea groups is 1. The summed E-state index contributed by atoms with van der Waals surface area (Å²) >= 11 is 0. The summed E-state index contributed by atoms with van der Waals surface area (Å²) in [5.74, 6) is 0.0917. The normalized spacial score (nSPS) is 12.3. The molecule has 10 heteroatoms. The van der Waals surface area contributed by atoms with Crippen LogP contribution < -0.4 is 29.6 Å². The zero-order valence-electron chi connectivity index (χ0n) is 17.0. The van der Waals surface area contributed by atoms with Crippen LogP contribution in [0.5, 0.6) is 23.0 Å². The number of carbonyl (C=O) groups excluding carboxylic acids is 1. The number of carboxylic acids is 1. The molecule has 2 atom stereocenters. The summed E-state index contributed by atoms with van der Waals surface area (Å²) in [6.45, 7) is 0. The van der Waals surface area contributed by atoms with Gasteiger partial charge in [-0.05, 0) is 17.7 Å². The summed E-state index contributed by atoms with van der Waals surface area (Å²) in [5.41, 5.74) is 0.571. The van der Waals surface area contributed by atoms with Gasteiger partial charge in [-0.3, -0.25) is 0 Å². The lowest BCUT2D eigenvalue weighted by Gasteiger charge is -2.21. The van der Waals surface area contributed by atoms with Gasteiger partial charge in [-0.2, -0.15) is 0 Å². The summed E-state index contributed by atoms with van der Waals surface area (Å²) in [6.07, 6.45) is -1.49. The van der Waals surface area contributed by atoms with E-state index < -0.39 is 24.1 Å². The molecule has 0 heterocycles. The maximum atomic E-state index is 12.4. The van der Waals surface area contributed by atoms with Crippen molar-refractivity contribution in [1.82, 2.24) is 5.32 Å². The van der Waals surface area contributed by atoms with Crippen LogP contribution in [0.15, 0.2) is 36.4 Å². The number of aliphatic hydroxyl groups is 1. The second-order valence-electron chi connectivity index (χ2n) is 6.05. The minimum atomic E-state index is -1.60. The Balaban J connectivity index is 2.18. The summed E-state index contributed by atoms with van der Waals surface area (Å²) in [6, 6.07) is 6.70. The van der Waals surface area contributed by atoms with E-state index in [1.54, 1.807) is 12.1 Å². The van der Waals surface area contributed by atoms with Crippen LogP contribution in [0.2, 0.25) is 0 Å². The van der Waals surface area contributed by atoms with Crippen LogP contribution >= 0.6 is 0 Å². The number of aliphatic hydroxyl groups excluding tert-OH is 1. The monoisotopic (exact) mass is 420 g/mol. The Kier molecular flexibility index (Phi) is 7.70. The molecule has 0 fully saturated rings. The summed E-state index contributed by atoms with van der Waals surface area (Å²) in [5, 5.41) is 24.7. The number of hydrogen-bond acceptors (Lipinski definition) is 7. The summed E-state index contributed by atoms with van der Waals surface area (Å²) in [7, 11) is 5.78. The second kappa shape index (κ2) is 10.2. The van der Waals surface area contributed by atoms with Gasteiger partial charge in [-0.1, -0.05) is 12.1 Å². The topological polar surface area (TPSA) is 136 Å². The first-order chi connectivity index (χ1) is 14.3. The third-order valence-electron chi connectivity index (χ3n) is 4.25. The Bertz CT molecular complexity index is 860. The molecule has 0 radical (unpaired) electrons. The largest absolute Gasteiger partial charge is 0.497 e. The Morgan fingerprint density at radius 3 is 1.90 bits per heavy atom. The van der Waals surface area contributed by atoms with Crippen molar-refractivity contribution in [3.8, 4) is 23.0 Å². The van der Waals surface area contributed by atoms with Crippen LogP contribution in [0.4, 0.5) is 10.5 Å². The Morgan fingerprint density at radius 2 is 1.47 bits per heavy atom. The van der Waals surface area contributed by atoms with Crippen molar-refractivity contribution in [2.45, 2.75) is 12.1 Å². The van der Waals surface area contributed by atoms with E-state index >= 15 is 0 Å². The minimum absolute atomic E-state index is 0.269. The predicted octanol–water partition coefficient (Wildman–Crippen LogP) is 2.03. The lowest BCUT2D eigenvalue weighted by Crippen LogP contribution is -2.46. The highest BCUT2D eigenvalue weighted by Crippen LogP contribution is 2.39. The van der Waals surface area contributed by atoms with E-state index in [1.165, 1.54) is 52.7 Å². The fourth-order valence-corrected chi connectivity index (χ4v) is 2.73. The molecule has 2 unspecified atom stereocenters. The van der Waals surface area contributed by atoms with E-state index in [9.17, 15) is 19.8 Å². The van der Waals surface area contributed by atoms with E-state index in [1.807, 2.05) is 0 Å². The zero-order chi connectivity index (χ0) is 22.3. The molecule has 30 heavy (non-hydrogen) atoms. The molecule has 10 nitrogen and oxygen atoms in total. The second-order valence-corrected chi connectivity index (χ2v) is 6.05. The highest BCUT2D eigenvalue weighted by Gasteiger charge is 2.30. The first-order valence-corrected chi connectivity index (χ1v) is 8.76. The molecule has 2 rings (SSSR count). The van der Waals surface area contributed by atoms with Gasteiger partial charge in [0.05, 0.1) is 34.1 Å². The zero-order valence-corrected chi connectivity index (χ0v) is 17.0. The molecular weight excluding hydrogens is 396 g/mol. The van der Waals surface area contributed by atoms with Gasteiger partial charge < -0.3 is 39.8 Å².